The van der Waals surface area contributed by atoms with E-state index in [1.165, 1.54) is 27.9 Å². The van der Waals surface area contributed by atoms with Gasteiger partial charge in [0.2, 0.25) is 0 Å². The number of benzene rings is 6. The number of hydrogen-bond donors (Lipinski definition) is 0. The Labute approximate surface area is 346 Å². The van der Waals surface area contributed by atoms with E-state index in [1.807, 2.05) is 85.2 Å². The van der Waals surface area contributed by atoms with Crippen LogP contribution in [0.15, 0.2) is 162 Å². The number of nitrogens with zero attached hydrogens (tertiary/aromatic N) is 4. The minimum absolute atomic E-state index is 0. The summed E-state index contributed by atoms with van der Waals surface area (Å²) in [6, 6.07) is 56.3. The molecule has 57 heavy (non-hydrogen) atoms. The first kappa shape index (κ1) is 37.7. The van der Waals surface area contributed by atoms with E-state index in [9.17, 15) is 0 Å². The van der Waals surface area contributed by atoms with Crippen molar-refractivity contribution in [2.45, 2.75) is 39.5 Å². The van der Waals surface area contributed by atoms with Gasteiger partial charge >= 0.3 is 0 Å². The number of hydrogen-bond acceptors (Lipinski definition) is 4. The maximum atomic E-state index is 6.47. The van der Waals surface area contributed by atoms with E-state index in [1.54, 1.807) is 0 Å². The molecule has 0 unspecified atom stereocenters. The van der Waals surface area contributed by atoms with E-state index in [4.69, 9.17) is 14.4 Å². The van der Waals surface area contributed by atoms with Gasteiger partial charge in [0.15, 0.2) is 0 Å². The largest absolute Gasteiger partial charge is 0.501 e. The van der Waals surface area contributed by atoms with Crippen LogP contribution >= 0.6 is 0 Å². The third-order valence-electron chi connectivity index (χ3n) is 10.4. The maximum Gasteiger partial charge on any atom is 0.120 e. The first-order valence-electron chi connectivity index (χ1n) is 19.2. The Balaban J connectivity index is 0.000000201. The van der Waals surface area contributed by atoms with Crippen molar-refractivity contribution in [2.24, 2.45) is 0 Å². The van der Waals surface area contributed by atoms with Crippen molar-refractivity contribution in [3.8, 4) is 39.5 Å². The number of furan rings is 1. The van der Waals surface area contributed by atoms with Crippen molar-refractivity contribution in [3.05, 3.63) is 181 Å². The molecule has 6 aromatic carbocycles. The van der Waals surface area contributed by atoms with Crippen molar-refractivity contribution in [2.75, 3.05) is 0 Å². The Kier molecular flexibility index (Phi) is 10.7. The van der Waals surface area contributed by atoms with Gasteiger partial charge in [-0.05, 0) is 58.0 Å². The smallest absolute Gasteiger partial charge is 0.120 e. The summed E-state index contributed by atoms with van der Waals surface area (Å²) in [5.74, 6) is 1.47. The molecule has 4 heterocycles. The zero-order valence-electron chi connectivity index (χ0n) is 32.2. The monoisotopic (exact) mass is 917 g/mol. The molecular formula is C51H40IrN4O-2. The number of para-hydroxylation sites is 3. The summed E-state index contributed by atoms with van der Waals surface area (Å²) in [6.07, 6.45) is 3.74. The molecule has 5 nitrogen and oxygen atoms in total. The number of pyridine rings is 2. The number of fused-ring (bicyclic) bond motifs is 6. The Morgan fingerprint density at radius 1 is 0.596 bits per heavy atom. The number of imidazole rings is 1. The Bertz CT molecular complexity index is 2900. The van der Waals surface area contributed by atoms with Gasteiger partial charge in [-0.2, -0.15) is 0 Å². The Hall–Kier alpha value is -6.20. The fourth-order valence-electron chi connectivity index (χ4n) is 7.66. The average molecular weight is 917 g/mol. The molecule has 0 atom stereocenters. The van der Waals surface area contributed by atoms with Gasteiger partial charge in [-0.15, -0.1) is 54.1 Å². The SMILES string of the molecule is CC(C)c1cccc(C(C)C)c1-n1c(-c2[c-]ccc3c2oc2ccccc23)nc2cnc3ccccc3c21.[Ir].[c-]1ccccc1-c1cc(-c2ccccc2)ccn1. The van der Waals surface area contributed by atoms with Gasteiger partial charge in [-0.25, -0.2) is 0 Å². The summed E-state index contributed by atoms with van der Waals surface area (Å²) in [7, 11) is 0. The molecule has 0 bridgehead atoms. The maximum absolute atomic E-state index is 6.47. The molecule has 0 saturated heterocycles. The fourth-order valence-corrected chi connectivity index (χ4v) is 7.66. The van der Waals surface area contributed by atoms with Gasteiger partial charge < -0.3 is 14.0 Å². The van der Waals surface area contributed by atoms with Crippen molar-refractivity contribution in [1.82, 2.24) is 19.5 Å². The van der Waals surface area contributed by atoms with Crippen LogP contribution in [0.3, 0.4) is 0 Å². The molecule has 6 heteroatoms. The predicted molar refractivity (Wildman–Crippen MR) is 230 cm³/mol. The van der Waals surface area contributed by atoms with Gasteiger partial charge in [0.05, 0.1) is 34.2 Å². The predicted octanol–water partition coefficient (Wildman–Crippen LogP) is 13.4. The van der Waals surface area contributed by atoms with Crippen LogP contribution in [0.4, 0.5) is 0 Å². The molecule has 1 radical (unpaired) electrons. The van der Waals surface area contributed by atoms with Gasteiger partial charge in [0.1, 0.15) is 5.58 Å². The molecule has 10 rings (SSSR count). The van der Waals surface area contributed by atoms with Gasteiger partial charge in [0, 0.05) is 42.8 Å². The van der Waals surface area contributed by atoms with E-state index in [-0.39, 0.29) is 20.1 Å². The zero-order valence-corrected chi connectivity index (χ0v) is 34.6. The molecule has 0 spiro atoms. The molecule has 0 fully saturated rings. The van der Waals surface area contributed by atoms with E-state index >= 15 is 0 Å². The summed E-state index contributed by atoms with van der Waals surface area (Å²) in [5.41, 5.74) is 13.5. The first-order valence-corrected chi connectivity index (χ1v) is 19.2. The van der Waals surface area contributed by atoms with Crippen LogP contribution < -0.4 is 0 Å². The van der Waals surface area contributed by atoms with Gasteiger partial charge in [-0.3, -0.25) is 9.97 Å². The molecule has 0 aliphatic rings. The van der Waals surface area contributed by atoms with Crippen molar-refractivity contribution in [3.63, 3.8) is 0 Å². The first-order chi connectivity index (χ1) is 27.5. The second kappa shape index (κ2) is 16.1. The van der Waals surface area contributed by atoms with Crippen molar-refractivity contribution in [1.29, 1.82) is 0 Å². The molecule has 0 aliphatic carbocycles. The van der Waals surface area contributed by atoms with Crippen LogP contribution in [0.2, 0.25) is 0 Å². The summed E-state index contributed by atoms with van der Waals surface area (Å²) >= 11 is 0. The molecular weight excluding hydrogens is 877 g/mol. The fraction of sp³-hybridized carbons (Fsp3) is 0.118. The van der Waals surface area contributed by atoms with E-state index in [0.29, 0.717) is 11.8 Å². The number of aromatic nitrogens is 4. The minimum Gasteiger partial charge on any atom is -0.501 e. The normalized spacial score (nSPS) is 11.3. The summed E-state index contributed by atoms with van der Waals surface area (Å²) < 4.78 is 8.82. The Morgan fingerprint density at radius 2 is 1.32 bits per heavy atom. The van der Waals surface area contributed by atoms with Crippen LogP contribution in [-0.4, -0.2) is 19.5 Å². The van der Waals surface area contributed by atoms with Gasteiger partial charge in [-0.1, -0.05) is 130 Å². The minimum atomic E-state index is 0. The van der Waals surface area contributed by atoms with E-state index in [0.717, 1.165) is 66.5 Å². The summed E-state index contributed by atoms with van der Waals surface area (Å²) in [5, 5.41) is 3.24. The second-order valence-corrected chi connectivity index (χ2v) is 14.6. The van der Waals surface area contributed by atoms with Crippen molar-refractivity contribution >= 4 is 43.9 Å². The summed E-state index contributed by atoms with van der Waals surface area (Å²) in [6.45, 7) is 9.03. The topological polar surface area (TPSA) is 56.7 Å². The molecule has 281 valence electrons. The van der Waals surface area contributed by atoms with Crippen LogP contribution in [0.1, 0.15) is 50.7 Å². The second-order valence-electron chi connectivity index (χ2n) is 14.6. The average Bonchev–Trinajstić information content (AvgIpc) is 3.83. The molecule has 4 aromatic heterocycles. The molecule has 0 aliphatic heterocycles. The van der Waals surface area contributed by atoms with E-state index < -0.39 is 0 Å². The number of rotatable bonds is 6. The van der Waals surface area contributed by atoms with Gasteiger partial charge in [0.25, 0.3) is 0 Å². The summed E-state index contributed by atoms with van der Waals surface area (Å²) in [4.78, 5) is 14.4. The van der Waals surface area contributed by atoms with Crippen LogP contribution in [0, 0.1) is 12.1 Å². The third-order valence-corrected chi connectivity index (χ3v) is 10.4. The van der Waals surface area contributed by atoms with Crippen LogP contribution in [0.25, 0.3) is 83.3 Å². The molecule has 10 aromatic rings. The van der Waals surface area contributed by atoms with Crippen LogP contribution in [0.5, 0.6) is 0 Å². The molecule has 0 amide bonds. The molecule has 0 N–H and O–H groups in total. The van der Waals surface area contributed by atoms with Crippen molar-refractivity contribution < 1.29 is 24.5 Å². The quantitative estimate of drug-likeness (QED) is 0.156. The standard InChI is InChI=1S/C34H28N3O.C17H12N.Ir/c1-20(2)22-13-9-14-23(21(3)4)31(22)37-32-26-12-5-7-17-28(26)35-19-29(32)36-34(37)27-16-10-15-25-24-11-6-8-18-30(24)38-33(25)27;1-3-7-14(8-4-1)16-11-12-18-17(13-16)15-9-5-2-6-10-15;/h5-15,17-21H,1-4H3;1-9,11-13H;/q2*-1;. The van der Waals surface area contributed by atoms with Crippen LogP contribution in [-0.2, 0) is 20.1 Å². The zero-order chi connectivity index (χ0) is 38.2. The molecule has 0 saturated carbocycles. The Morgan fingerprint density at radius 3 is 2.07 bits per heavy atom. The van der Waals surface area contributed by atoms with E-state index in [2.05, 4.69) is 122 Å². The third kappa shape index (κ3) is 7.08.